The van der Waals surface area contributed by atoms with Gasteiger partial charge in [0.25, 0.3) is 0 Å². The quantitative estimate of drug-likeness (QED) is 0.461. The molecule has 8 nitrogen and oxygen atoms in total. The number of carbonyl (C=O) groups excluding carboxylic acids is 1. The molecule has 0 spiro atoms. The summed E-state index contributed by atoms with van der Waals surface area (Å²) < 4.78 is 10.4. The van der Waals surface area contributed by atoms with Gasteiger partial charge in [0.15, 0.2) is 5.82 Å². The van der Waals surface area contributed by atoms with E-state index in [9.17, 15) is 4.79 Å². The van der Waals surface area contributed by atoms with Crippen molar-refractivity contribution in [2.24, 2.45) is 5.73 Å². The molecule has 0 fully saturated rings. The SMILES string of the molecule is CNC(=O)COCCOCC(N)Cc1nc[nH]n1. The molecule has 0 saturated carbocycles. The normalized spacial score (nSPS) is 12.3. The average Bonchev–Trinajstić information content (AvgIpc) is 2.85. The third kappa shape index (κ3) is 6.28. The molecule has 1 aromatic rings. The monoisotopic (exact) mass is 257 g/mol. The molecule has 1 unspecified atom stereocenters. The molecule has 1 amide bonds. The molecular formula is C10H19N5O3. The van der Waals surface area contributed by atoms with Gasteiger partial charge in [-0.05, 0) is 0 Å². The standard InChI is InChI=1S/C10H19N5O3/c1-12-10(16)6-18-3-2-17-5-8(11)4-9-13-7-14-15-9/h7-8H,2-6,11H2,1H3,(H,12,16)(H,13,14,15). The van der Waals surface area contributed by atoms with Crippen molar-refractivity contribution in [3.63, 3.8) is 0 Å². The lowest BCUT2D eigenvalue weighted by molar-refractivity contribution is -0.125. The van der Waals surface area contributed by atoms with Gasteiger partial charge >= 0.3 is 0 Å². The molecule has 0 aliphatic heterocycles. The van der Waals surface area contributed by atoms with Crippen molar-refractivity contribution in [3.8, 4) is 0 Å². The molecule has 1 rings (SSSR count). The lowest BCUT2D eigenvalue weighted by Crippen LogP contribution is -2.30. The minimum atomic E-state index is -0.156. The Morgan fingerprint density at radius 1 is 1.56 bits per heavy atom. The maximum absolute atomic E-state index is 10.8. The van der Waals surface area contributed by atoms with Gasteiger partial charge < -0.3 is 20.5 Å². The number of hydrogen-bond acceptors (Lipinski definition) is 6. The molecule has 1 aromatic heterocycles. The fourth-order valence-corrected chi connectivity index (χ4v) is 1.22. The molecule has 0 saturated heterocycles. The van der Waals surface area contributed by atoms with Crippen molar-refractivity contribution in [1.29, 1.82) is 0 Å². The van der Waals surface area contributed by atoms with Gasteiger partial charge in [0, 0.05) is 19.5 Å². The smallest absolute Gasteiger partial charge is 0.245 e. The number of ether oxygens (including phenoxy) is 2. The number of nitrogens with one attached hydrogen (secondary N) is 2. The van der Waals surface area contributed by atoms with E-state index in [1.807, 2.05) is 0 Å². The van der Waals surface area contributed by atoms with Gasteiger partial charge in [-0.25, -0.2) is 4.98 Å². The number of aromatic nitrogens is 3. The summed E-state index contributed by atoms with van der Waals surface area (Å²) in [5, 5.41) is 8.98. The third-order valence-electron chi connectivity index (χ3n) is 2.13. The van der Waals surface area contributed by atoms with Crippen LogP contribution in [0.2, 0.25) is 0 Å². The van der Waals surface area contributed by atoms with Gasteiger partial charge in [-0.3, -0.25) is 9.89 Å². The molecule has 0 radical (unpaired) electrons. The van der Waals surface area contributed by atoms with E-state index < -0.39 is 0 Å². The molecule has 0 bridgehead atoms. The van der Waals surface area contributed by atoms with Crippen LogP contribution in [0.4, 0.5) is 0 Å². The predicted molar refractivity (Wildman–Crippen MR) is 63.8 cm³/mol. The summed E-state index contributed by atoms with van der Waals surface area (Å²) in [4.78, 5) is 14.8. The molecule has 1 heterocycles. The molecule has 102 valence electrons. The highest BCUT2D eigenvalue weighted by atomic mass is 16.5. The summed E-state index contributed by atoms with van der Waals surface area (Å²) in [6.07, 6.45) is 2.07. The lowest BCUT2D eigenvalue weighted by Gasteiger charge is -2.10. The van der Waals surface area contributed by atoms with Crippen molar-refractivity contribution in [1.82, 2.24) is 20.5 Å². The Bertz CT molecular complexity index is 330. The van der Waals surface area contributed by atoms with E-state index in [1.165, 1.54) is 6.33 Å². The molecule has 0 aliphatic rings. The van der Waals surface area contributed by atoms with Gasteiger partial charge in [-0.1, -0.05) is 0 Å². The van der Waals surface area contributed by atoms with Crippen LogP contribution >= 0.6 is 0 Å². The molecule has 8 heteroatoms. The first kappa shape index (κ1) is 14.6. The summed E-state index contributed by atoms with van der Waals surface area (Å²) in [5.41, 5.74) is 5.83. The van der Waals surface area contributed by atoms with Crippen molar-refractivity contribution in [3.05, 3.63) is 12.2 Å². The zero-order chi connectivity index (χ0) is 13.2. The fourth-order valence-electron chi connectivity index (χ4n) is 1.22. The van der Waals surface area contributed by atoms with Crippen molar-refractivity contribution in [2.75, 3.05) is 33.5 Å². The lowest BCUT2D eigenvalue weighted by atomic mass is 10.2. The Morgan fingerprint density at radius 2 is 2.33 bits per heavy atom. The van der Waals surface area contributed by atoms with E-state index in [-0.39, 0.29) is 18.6 Å². The average molecular weight is 257 g/mol. The van der Waals surface area contributed by atoms with E-state index in [1.54, 1.807) is 7.05 Å². The van der Waals surface area contributed by atoms with Crippen molar-refractivity contribution in [2.45, 2.75) is 12.5 Å². The zero-order valence-corrected chi connectivity index (χ0v) is 10.4. The second-order valence-electron chi connectivity index (χ2n) is 3.68. The Kier molecular flexibility index (Phi) is 6.92. The summed E-state index contributed by atoms with van der Waals surface area (Å²) >= 11 is 0. The third-order valence-corrected chi connectivity index (χ3v) is 2.13. The van der Waals surface area contributed by atoms with Gasteiger partial charge in [-0.15, -0.1) is 0 Å². The number of hydrogen-bond donors (Lipinski definition) is 3. The maximum Gasteiger partial charge on any atom is 0.245 e. The number of carbonyl (C=O) groups is 1. The maximum atomic E-state index is 10.8. The number of H-pyrrole nitrogens is 1. The van der Waals surface area contributed by atoms with Crippen LogP contribution in [-0.4, -0.2) is 60.6 Å². The van der Waals surface area contributed by atoms with Crippen LogP contribution < -0.4 is 11.1 Å². The molecule has 0 aliphatic carbocycles. The van der Waals surface area contributed by atoms with Crippen LogP contribution in [-0.2, 0) is 20.7 Å². The molecular weight excluding hydrogens is 238 g/mol. The summed E-state index contributed by atoms with van der Waals surface area (Å²) in [6.45, 7) is 1.21. The highest BCUT2D eigenvalue weighted by Crippen LogP contribution is 1.93. The van der Waals surface area contributed by atoms with E-state index in [2.05, 4.69) is 20.5 Å². The predicted octanol–water partition coefficient (Wildman–Crippen LogP) is -1.55. The summed E-state index contributed by atoms with van der Waals surface area (Å²) in [6, 6.07) is -0.153. The Morgan fingerprint density at radius 3 is 3.00 bits per heavy atom. The number of nitrogens with two attached hydrogens (primary N) is 1. The fraction of sp³-hybridized carbons (Fsp3) is 0.700. The van der Waals surface area contributed by atoms with Crippen LogP contribution in [0.1, 0.15) is 5.82 Å². The van der Waals surface area contributed by atoms with Gasteiger partial charge in [-0.2, -0.15) is 5.10 Å². The Balaban J connectivity index is 1.96. The van der Waals surface area contributed by atoms with E-state index in [4.69, 9.17) is 15.2 Å². The number of amides is 1. The van der Waals surface area contributed by atoms with Crippen LogP contribution in [0.15, 0.2) is 6.33 Å². The molecule has 0 aromatic carbocycles. The summed E-state index contributed by atoms with van der Waals surface area (Å²) in [5.74, 6) is 0.512. The van der Waals surface area contributed by atoms with Crippen molar-refractivity contribution < 1.29 is 14.3 Å². The second kappa shape index (κ2) is 8.56. The number of likely N-dealkylation sites (N-methyl/N-ethyl adjacent to an activating group) is 1. The van der Waals surface area contributed by atoms with Gasteiger partial charge in [0.05, 0.1) is 19.8 Å². The topological polar surface area (TPSA) is 115 Å². The number of nitrogens with zero attached hydrogens (tertiary/aromatic N) is 2. The Labute approximate surface area is 105 Å². The first-order valence-corrected chi connectivity index (χ1v) is 5.68. The van der Waals surface area contributed by atoms with Gasteiger partial charge in [0.1, 0.15) is 12.9 Å². The van der Waals surface area contributed by atoms with Crippen LogP contribution in [0.25, 0.3) is 0 Å². The molecule has 4 N–H and O–H groups in total. The van der Waals surface area contributed by atoms with E-state index in [0.717, 1.165) is 0 Å². The highest BCUT2D eigenvalue weighted by Gasteiger charge is 2.06. The highest BCUT2D eigenvalue weighted by molar-refractivity contribution is 5.76. The largest absolute Gasteiger partial charge is 0.377 e. The number of rotatable bonds is 9. The molecule has 1 atom stereocenters. The van der Waals surface area contributed by atoms with E-state index >= 15 is 0 Å². The minimum Gasteiger partial charge on any atom is -0.377 e. The zero-order valence-electron chi connectivity index (χ0n) is 10.4. The van der Waals surface area contributed by atoms with Crippen LogP contribution in [0.5, 0.6) is 0 Å². The summed E-state index contributed by atoms with van der Waals surface area (Å²) in [7, 11) is 1.56. The van der Waals surface area contributed by atoms with Gasteiger partial charge in [0.2, 0.25) is 5.91 Å². The first-order valence-electron chi connectivity index (χ1n) is 5.68. The van der Waals surface area contributed by atoms with Crippen LogP contribution in [0.3, 0.4) is 0 Å². The van der Waals surface area contributed by atoms with Crippen LogP contribution in [0, 0.1) is 0 Å². The second-order valence-corrected chi connectivity index (χ2v) is 3.68. The Hall–Kier alpha value is -1.51. The van der Waals surface area contributed by atoms with E-state index in [0.29, 0.717) is 32.1 Å². The minimum absolute atomic E-state index is 0.0447. The number of aromatic amines is 1. The van der Waals surface area contributed by atoms with Crippen molar-refractivity contribution >= 4 is 5.91 Å². The molecule has 18 heavy (non-hydrogen) atoms. The first-order chi connectivity index (χ1) is 8.72.